The number of fused-ring (bicyclic) bond motifs is 1. The zero-order valence-electron chi connectivity index (χ0n) is 18.1. The fourth-order valence-corrected chi connectivity index (χ4v) is 4.58. The van der Waals surface area contributed by atoms with E-state index >= 15 is 0 Å². The van der Waals surface area contributed by atoms with Gasteiger partial charge in [0.1, 0.15) is 11.5 Å². The second-order valence-electron chi connectivity index (χ2n) is 7.29. The van der Waals surface area contributed by atoms with Gasteiger partial charge < -0.3 is 14.6 Å². The Morgan fingerprint density at radius 2 is 1.58 bits per heavy atom. The Balaban J connectivity index is 1.66. The van der Waals surface area contributed by atoms with E-state index in [4.69, 9.17) is 14.5 Å². The molecule has 33 heavy (non-hydrogen) atoms. The molecule has 0 atom stereocenters. The van der Waals surface area contributed by atoms with Gasteiger partial charge in [-0.3, -0.25) is 9.56 Å². The summed E-state index contributed by atoms with van der Waals surface area (Å²) in [5.41, 5.74) is 4.44. The maximum Gasteiger partial charge on any atom is 0.215 e. The van der Waals surface area contributed by atoms with E-state index in [1.807, 2.05) is 85.1 Å². The number of thiazole rings is 1. The first-order valence-electron chi connectivity index (χ1n) is 10.3. The molecule has 0 saturated carbocycles. The van der Waals surface area contributed by atoms with E-state index in [1.54, 1.807) is 18.8 Å². The maximum absolute atomic E-state index is 11.2. The minimum absolute atomic E-state index is 0.114. The molecule has 0 bridgehead atoms. The van der Waals surface area contributed by atoms with Gasteiger partial charge in [0.25, 0.3) is 0 Å². The Kier molecular flexibility index (Phi) is 5.54. The number of para-hydroxylation sites is 1. The molecule has 1 aromatic heterocycles. The molecule has 1 aliphatic heterocycles. The molecule has 0 fully saturated rings. The van der Waals surface area contributed by atoms with E-state index in [1.165, 1.54) is 11.3 Å². The minimum Gasteiger partial charge on any atom is -0.497 e. The van der Waals surface area contributed by atoms with Crippen LogP contribution in [-0.2, 0) is 0 Å². The zero-order chi connectivity index (χ0) is 22.8. The summed E-state index contributed by atoms with van der Waals surface area (Å²) in [6, 6.07) is 22.9. The van der Waals surface area contributed by atoms with Crippen molar-refractivity contribution in [2.24, 2.45) is 9.98 Å². The van der Waals surface area contributed by atoms with Crippen molar-refractivity contribution in [3.63, 3.8) is 0 Å². The molecule has 1 aliphatic rings. The molecule has 3 aromatic carbocycles. The van der Waals surface area contributed by atoms with Crippen LogP contribution in [-0.4, -0.2) is 30.1 Å². The van der Waals surface area contributed by atoms with Crippen LogP contribution in [0.2, 0.25) is 0 Å². The van der Waals surface area contributed by atoms with Crippen LogP contribution in [0.15, 0.2) is 82.8 Å². The van der Waals surface area contributed by atoms with Crippen molar-refractivity contribution in [1.82, 2.24) is 4.57 Å². The van der Waals surface area contributed by atoms with Crippen LogP contribution in [0.5, 0.6) is 17.4 Å². The zero-order valence-corrected chi connectivity index (χ0v) is 18.9. The molecule has 7 heteroatoms. The number of rotatable bonds is 5. The highest BCUT2D eigenvalue weighted by molar-refractivity contribution is 7.10. The summed E-state index contributed by atoms with van der Waals surface area (Å²) in [6.45, 7) is 0. The molecule has 0 radical (unpaired) electrons. The smallest absolute Gasteiger partial charge is 0.215 e. The third kappa shape index (κ3) is 4.06. The first-order valence-corrected chi connectivity index (χ1v) is 11.1. The van der Waals surface area contributed by atoms with Gasteiger partial charge in [-0.15, -0.1) is 0 Å². The first kappa shape index (κ1) is 20.8. The van der Waals surface area contributed by atoms with Gasteiger partial charge >= 0.3 is 0 Å². The van der Waals surface area contributed by atoms with Crippen LogP contribution >= 0.6 is 11.3 Å². The molecule has 0 saturated heterocycles. The molecule has 6 nitrogen and oxygen atoms in total. The van der Waals surface area contributed by atoms with Crippen molar-refractivity contribution in [2.75, 3.05) is 14.2 Å². The van der Waals surface area contributed by atoms with Crippen LogP contribution in [0.4, 0.5) is 11.4 Å². The number of aromatic hydroxyl groups is 1. The van der Waals surface area contributed by atoms with Crippen molar-refractivity contribution in [1.29, 1.82) is 0 Å². The van der Waals surface area contributed by atoms with Crippen molar-refractivity contribution >= 4 is 40.6 Å². The molecule has 5 rings (SSSR count). The van der Waals surface area contributed by atoms with E-state index < -0.39 is 0 Å². The first-order chi connectivity index (χ1) is 16.2. The standard InChI is InChI=1S/C26H21N3O3S/c1-31-20-11-7-18(8-12-20)28-26-29(19-9-13-21(32-2)14-10-19)25(30)24(33-26)15-17-16-27-23-6-4-3-5-22(17)23/h3-16,30H,1-2H3/b17-15+,28-26?. The summed E-state index contributed by atoms with van der Waals surface area (Å²) in [7, 11) is 3.26. The highest BCUT2D eigenvalue weighted by atomic mass is 32.1. The largest absolute Gasteiger partial charge is 0.497 e. The Morgan fingerprint density at radius 3 is 2.27 bits per heavy atom. The molecule has 2 heterocycles. The highest BCUT2D eigenvalue weighted by Crippen LogP contribution is 2.35. The van der Waals surface area contributed by atoms with E-state index in [0.29, 0.717) is 9.68 Å². The van der Waals surface area contributed by atoms with Gasteiger partial charge in [-0.1, -0.05) is 29.5 Å². The molecule has 0 unspecified atom stereocenters. The Bertz CT molecular complexity index is 1430. The average Bonchev–Trinajstić information content (AvgIpc) is 3.40. The normalized spacial score (nSPS) is 14.0. The van der Waals surface area contributed by atoms with Gasteiger partial charge in [-0.05, 0) is 60.7 Å². The fraction of sp³-hybridized carbons (Fsp3) is 0.0769. The number of benzene rings is 3. The maximum atomic E-state index is 11.2. The summed E-state index contributed by atoms with van der Waals surface area (Å²) in [5.74, 6) is 1.61. The van der Waals surface area contributed by atoms with Crippen LogP contribution < -0.4 is 14.3 Å². The van der Waals surface area contributed by atoms with Crippen molar-refractivity contribution in [3.8, 4) is 23.1 Å². The van der Waals surface area contributed by atoms with Crippen molar-refractivity contribution < 1.29 is 14.6 Å². The number of ether oxygens (including phenoxy) is 2. The number of hydrogen-bond acceptors (Lipinski definition) is 6. The van der Waals surface area contributed by atoms with E-state index in [9.17, 15) is 5.11 Å². The Labute approximate surface area is 195 Å². The van der Waals surface area contributed by atoms with Gasteiger partial charge in [-0.2, -0.15) is 0 Å². The lowest BCUT2D eigenvalue weighted by atomic mass is 10.1. The average molecular weight is 456 g/mol. The van der Waals surface area contributed by atoms with E-state index in [2.05, 4.69) is 4.99 Å². The predicted molar refractivity (Wildman–Crippen MR) is 133 cm³/mol. The molecule has 0 amide bonds. The molecular formula is C26H21N3O3S. The lowest BCUT2D eigenvalue weighted by Crippen LogP contribution is -2.11. The van der Waals surface area contributed by atoms with Crippen LogP contribution in [0, 0.1) is 0 Å². The second kappa shape index (κ2) is 8.80. The molecule has 0 aliphatic carbocycles. The third-order valence-electron chi connectivity index (χ3n) is 5.30. The number of allylic oxidation sites excluding steroid dienone is 1. The number of hydrogen-bond donors (Lipinski definition) is 1. The van der Waals surface area contributed by atoms with E-state index in [0.717, 1.165) is 39.7 Å². The van der Waals surface area contributed by atoms with Gasteiger partial charge in [0.15, 0.2) is 4.80 Å². The van der Waals surface area contributed by atoms with Gasteiger partial charge in [0, 0.05) is 17.4 Å². The highest BCUT2D eigenvalue weighted by Gasteiger charge is 2.17. The SMILES string of the molecule is COc1ccc(N=c2sc(/C=C3\C=Nc4ccccc43)c(O)n2-c2ccc(OC)cc2)cc1. The number of nitrogens with zero attached hydrogens (tertiary/aromatic N) is 3. The van der Waals surface area contributed by atoms with Crippen LogP contribution in [0.25, 0.3) is 17.3 Å². The molecular weight excluding hydrogens is 434 g/mol. The molecule has 4 aromatic rings. The lowest BCUT2D eigenvalue weighted by Gasteiger charge is -2.07. The summed E-state index contributed by atoms with van der Waals surface area (Å²) in [6.07, 6.45) is 3.77. The quantitative estimate of drug-likeness (QED) is 0.417. The van der Waals surface area contributed by atoms with Crippen molar-refractivity contribution in [2.45, 2.75) is 0 Å². The van der Waals surface area contributed by atoms with Gasteiger partial charge in [0.05, 0.1) is 36.2 Å². The fourth-order valence-electron chi connectivity index (χ4n) is 3.58. The molecule has 164 valence electrons. The minimum atomic E-state index is 0.114. The summed E-state index contributed by atoms with van der Waals surface area (Å²) < 4.78 is 12.3. The van der Waals surface area contributed by atoms with Gasteiger partial charge in [0.2, 0.25) is 5.88 Å². The second-order valence-corrected chi connectivity index (χ2v) is 8.30. The predicted octanol–water partition coefficient (Wildman–Crippen LogP) is 5.75. The summed E-state index contributed by atoms with van der Waals surface area (Å²) in [5, 5.41) is 11.2. The summed E-state index contributed by atoms with van der Waals surface area (Å²) in [4.78, 5) is 10.6. The third-order valence-corrected chi connectivity index (χ3v) is 6.27. The Morgan fingerprint density at radius 1 is 0.909 bits per heavy atom. The number of methoxy groups -OCH3 is 2. The van der Waals surface area contributed by atoms with Crippen molar-refractivity contribution in [3.05, 3.63) is 88.0 Å². The number of aromatic nitrogens is 1. The number of aliphatic imine (C=N–C) groups is 1. The van der Waals surface area contributed by atoms with E-state index in [-0.39, 0.29) is 5.88 Å². The van der Waals surface area contributed by atoms with Crippen LogP contribution in [0.1, 0.15) is 10.4 Å². The molecule has 1 N–H and O–H groups in total. The van der Waals surface area contributed by atoms with Crippen LogP contribution in [0.3, 0.4) is 0 Å². The molecule has 0 spiro atoms. The summed E-state index contributed by atoms with van der Waals surface area (Å²) >= 11 is 1.40. The lowest BCUT2D eigenvalue weighted by molar-refractivity contribution is 0.414. The van der Waals surface area contributed by atoms with Gasteiger partial charge in [-0.25, -0.2) is 4.99 Å². The Hall–Kier alpha value is -4.10. The topological polar surface area (TPSA) is 68.3 Å². The monoisotopic (exact) mass is 455 g/mol.